The fraction of sp³-hybridized carbons (Fsp3) is 0.643. The van der Waals surface area contributed by atoms with Gasteiger partial charge in [-0.2, -0.15) is 0 Å². The molecule has 0 spiro atoms. The molecule has 0 aromatic rings. The Bertz CT molecular complexity index is 216. The third kappa shape index (κ3) is 9.82. The van der Waals surface area contributed by atoms with E-state index in [2.05, 4.69) is 13.2 Å². The lowest BCUT2D eigenvalue weighted by molar-refractivity contribution is -0.145. The molecule has 0 aliphatic heterocycles. The molecule has 0 heterocycles. The van der Waals surface area contributed by atoms with Crippen LogP contribution in [0.2, 0.25) is 0 Å². The Labute approximate surface area is 104 Å². The zero-order valence-corrected chi connectivity index (χ0v) is 10.8. The summed E-state index contributed by atoms with van der Waals surface area (Å²) in [5.41, 5.74) is 0. The van der Waals surface area contributed by atoms with Gasteiger partial charge in [-0.15, -0.1) is 0 Å². The van der Waals surface area contributed by atoms with Gasteiger partial charge in [0, 0.05) is 20.1 Å². The Morgan fingerprint density at radius 2 is 1.71 bits per heavy atom. The molecular formula is C14H24O3. The summed E-state index contributed by atoms with van der Waals surface area (Å²) in [5, 5.41) is 0. The largest absolute Gasteiger partial charge is 0.454 e. The second kappa shape index (κ2) is 11.4. The molecule has 0 radical (unpaired) electrons. The molecule has 98 valence electrons. The number of hydrogen-bond donors (Lipinski definition) is 0. The molecule has 0 amide bonds. The van der Waals surface area contributed by atoms with Crippen LogP contribution in [0.4, 0.5) is 0 Å². The van der Waals surface area contributed by atoms with Crippen molar-refractivity contribution in [3.05, 3.63) is 25.3 Å². The highest BCUT2D eigenvalue weighted by Crippen LogP contribution is 2.07. The first-order valence-corrected chi connectivity index (χ1v) is 6.18. The van der Waals surface area contributed by atoms with Gasteiger partial charge in [-0.3, -0.25) is 4.79 Å². The molecule has 0 aromatic heterocycles. The summed E-state index contributed by atoms with van der Waals surface area (Å²) in [4.78, 5) is 11.4. The fourth-order valence-corrected chi connectivity index (χ4v) is 1.45. The topological polar surface area (TPSA) is 35.5 Å². The number of esters is 1. The zero-order chi connectivity index (χ0) is 12.9. The van der Waals surface area contributed by atoms with E-state index in [0.29, 0.717) is 6.42 Å². The molecule has 0 bridgehead atoms. The SMILES string of the molecule is C=CC(C=C)OC(=O)CCCCCCCOC. The predicted octanol–water partition coefficient (Wildman–Crippen LogP) is 3.26. The summed E-state index contributed by atoms with van der Waals surface area (Å²) in [5.74, 6) is -0.174. The van der Waals surface area contributed by atoms with Crippen molar-refractivity contribution >= 4 is 5.97 Å². The molecule has 0 aromatic carbocycles. The first-order valence-electron chi connectivity index (χ1n) is 6.18. The van der Waals surface area contributed by atoms with Crippen LogP contribution in [0.15, 0.2) is 25.3 Å². The van der Waals surface area contributed by atoms with E-state index < -0.39 is 0 Å². The van der Waals surface area contributed by atoms with E-state index in [9.17, 15) is 4.79 Å². The Hall–Kier alpha value is -1.09. The van der Waals surface area contributed by atoms with Crippen molar-refractivity contribution in [1.29, 1.82) is 0 Å². The molecule has 0 N–H and O–H groups in total. The molecule has 3 nitrogen and oxygen atoms in total. The van der Waals surface area contributed by atoms with E-state index >= 15 is 0 Å². The van der Waals surface area contributed by atoms with Crippen molar-refractivity contribution in [2.75, 3.05) is 13.7 Å². The summed E-state index contributed by atoms with van der Waals surface area (Å²) in [7, 11) is 1.71. The van der Waals surface area contributed by atoms with Gasteiger partial charge in [0.15, 0.2) is 0 Å². The highest BCUT2D eigenvalue weighted by atomic mass is 16.5. The first kappa shape index (κ1) is 15.9. The Morgan fingerprint density at radius 3 is 2.29 bits per heavy atom. The van der Waals surface area contributed by atoms with Crippen molar-refractivity contribution in [2.24, 2.45) is 0 Å². The van der Waals surface area contributed by atoms with Crippen molar-refractivity contribution in [2.45, 2.75) is 44.6 Å². The zero-order valence-electron chi connectivity index (χ0n) is 10.8. The van der Waals surface area contributed by atoms with Crippen LogP contribution >= 0.6 is 0 Å². The van der Waals surface area contributed by atoms with Crippen LogP contribution in [0.3, 0.4) is 0 Å². The molecule has 0 aliphatic rings. The lowest BCUT2D eigenvalue weighted by atomic mass is 10.1. The average molecular weight is 240 g/mol. The van der Waals surface area contributed by atoms with Crippen LogP contribution < -0.4 is 0 Å². The van der Waals surface area contributed by atoms with Gasteiger partial charge in [0.25, 0.3) is 0 Å². The second-order valence-electron chi connectivity index (χ2n) is 3.94. The molecule has 0 atom stereocenters. The van der Waals surface area contributed by atoms with Gasteiger partial charge in [0.1, 0.15) is 6.10 Å². The third-order valence-corrected chi connectivity index (χ3v) is 2.46. The van der Waals surface area contributed by atoms with Crippen molar-refractivity contribution < 1.29 is 14.3 Å². The van der Waals surface area contributed by atoms with Crippen LogP contribution in [0.5, 0.6) is 0 Å². The van der Waals surface area contributed by atoms with E-state index in [1.54, 1.807) is 19.3 Å². The fourth-order valence-electron chi connectivity index (χ4n) is 1.45. The standard InChI is InChI=1S/C14H24O3/c1-4-13(5-2)17-14(15)11-9-7-6-8-10-12-16-3/h4-5,13H,1-2,6-12H2,3H3. The molecular weight excluding hydrogens is 216 g/mol. The summed E-state index contributed by atoms with van der Waals surface area (Å²) in [6, 6.07) is 0. The lowest BCUT2D eigenvalue weighted by Gasteiger charge is -2.09. The van der Waals surface area contributed by atoms with Gasteiger partial charge >= 0.3 is 5.97 Å². The molecule has 0 aliphatic carbocycles. The number of hydrogen-bond acceptors (Lipinski definition) is 3. The molecule has 3 heteroatoms. The summed E-state index contributed by atoms with van der Waals surface area (Å²) < 4.78 is 10.1. The van der Waals surface area contributed by atoms with E-state index in [0.717, 1.165) is 38.7 Å². The van der Waals surface area contributed by atoms with Gasteiger partial charge in [0.2, 0.25) is 0 Å². The van der Waals surface area contributed by atoms with Crippen LogP contribution in [-0.2, 0) is 14.3 Å². The minimum absolute atomic E-state index is 0.174. The Morgan fingerprint density at radius 1 is 1.12 bits per heavy atom. The maximum absolute atomic E-state index is 11.4. The molecule has 0 saturated carbocycles. The summed E-state index contributed by atoms with van der Waals surface area (Å²) in [6.45, 7) is 7.95. The lowest BCUT2D eigenvalue weighted by Crippen LogP contribution is -2.12. The number of carbonyl (C=O) groups excluding carboxylic acids is 1. The average Bonchev–Trinajstić information content (AvgIpc) is 2.34. The summed E-state index contributed by atoms with van der Waals surface area (Å²) in [6.07, 6.45) is 8.58. The first-order chi connectivity index (χ1) is 8.24. The minimum Gasteiger partial charge on any atom is -0.454 e. The van der Waals surface area contributed by atoms with Gasteiger partial charge in [-0.1, -0.05) is 32.4 Å². The van der Waals surface area contributed by atoms with Crippen LogP contribution in [0.25, 0.3) is 0 Å². The third-order valence-electron chi connectivity index (χ3n) is 2.46. The van der Waals surface area contributed by atoms with E-state index in [4.69, 9.17) is 9.47 Å². The number of rotatable bonds is 11. The quantitative estimate of drug-likeness (QED) is 0.316. The van der Waals surface area contributed by atoms with Gasteiger partial charge < -0.3 is 9.47 Å². The smallest absolute Gasteiger partial charge is 0.306 e. The van der Waals surface area contributed by atoms with Gasteiger partial charge in [0.05, 0.1) is 0 Å². The van der Waals surface area contributed by atoms with Gasteiger partial charge in [-0.05, 0) is 25.0 Å². The van der Waals surface area contributed by atoms with Crippen molar-refractivity contribution in [1.82, 2.24) is 0 Å². The Balaban J connectivity index is 3.38. The Kier molecular flexibility index (Phi) is 10.7. The highest BCUT2D eigenvalue weighted by molar-refractivity contribution is 5.69. The normalized spacial score (nSPS) is 10.2. The number of ether oxygens (including phenoxy) is 2. The predicted molar refractivity (Wildman–Crippen MR) is 69.9 cm³/mol. The minimum atomic E-state index is -0.357. The van der Waals surface area contributed by atoms with E-state index in [1.807, 2.05) is 0 Å². The molecule has 17 heavy (non-hydrogen) atoms. The van der Waals surface area contributed by atoms with Gasteiger partial charge in [-0.25, -0.2) is 0 Å². The van der Waals surface area contributed by atoms with Crippen LogP contribution in [-0.4, -0.2) is 25.8 Å². The monoisotopic (exact) mass is 240 g/mol. The highest BCUT2D eigenvalue weighted by Gasteiger charge is 2.06. The molecule has 0 rings (SSSR count). The molecule has 0 saturated heterocycles. The van der Waals surface area contributed by atoms with Crippen molar-refractivity contribution in [3.8, 4) is 0 Å². The van der Waals surface area contributed by atoms with Crippen LogP contribution in [0.1, 0.15) is 38.5 Å². The van der Waals surface area contributed by atoms with E-state index in [1.165, 1.54) is 0 Å². The number of unbranched alkanes of at least 4 members (excludes halogenated alkanes) is 4. The van der Waals surface area contributed by atoms with Crippen molar-refractivity contribution in [3.63, 3.8) is 0 Å². The molecule has 0 fully saturated rings. The van der Waals surface area contributed by atoms with E-state index in [-0.39, 0.29) is 12.1 Å². The summed E-state index contributed by atoms with van der Waals surface area (Å²) >= 11 is 0. The molecule has 0 unspecified atom stereocenters. The second-order valence-corrected chi connectivity index (χ2v) is 3.94. The van der Waals surface area contributed by atoms with Crippen LogP contribution in [0, 0.1) is 0 Å². The number of methoxy groups -OCH3 is 1. The number of carbonyl (C=O) groups is 1. The maximum atomic E-state index is 11.4. The maximum Gasteiger partial charge on any atom is 0.306 e.